The molecule has 0 saturated carbocycles. The van der Waals surface area contributed by atoms with Crippen LogP contribution in [0.3, 0.4) is 0 Å². The van der Waals surface area contributed by atoms with E-state index in [-0.39, 0.29) is 5.41 Å². The number of nitrogens with zero attached hydrogens (tertiary/aromatic N) is 5. The van der Waals surface area contributed by atoms with Crippen LogP contribution >= 0.6 is 15.9 Å². The molecule has 2 rings (SSSR count). The maximum absolute atomic E-state index is 5.25. The van der Waals surface area contributed by atoms with Crippen LogP contribution in [0, 0.1) is 5.41 Å². The van der Waals surface area contributed by atoms with Crippen LogP contribution in [0.15, 0.2) is 15.7 Å². The summed E-state index contributed by atoms with van der Waals surface area (Å²) in [5.41, 5.74) is 0.222. The summed E-state index contributed by atoms with van der Waals surface area (Å²) in [6, 6.07) is 0. The number of methoxy groups -OCH3 is 1. The molecule has 2 heterocycles. The maximum Gasteiger partial charge on any atom is 0.232 e. The predicted molar refractivity (Wildman–Crippen MR) is 101 cm³/mol. The number of hydrogen-bond acceptors (Lipinski definition) is 5. The second kappa shape index (κ2) is 8.00. The van der Waals surface area contributed by atoms with Crippen molar-refractivity contribution < 1.29 is 4.74 Å². The summed E-state index contributed by atoms with van der Waals surface area (Å²) >= 11 is 3.38. The van der Waals surface area contributed by atoms with Gasteiger partial charge >= 0.3 is 0 Å². The lowest BCUT2D eigenvalue weighted by Gasteiger charge is -2.37. The van der Waals surface area contributed by atoms with E-state index in [0.29, 0.717) is 11.8 Å². The van der Waals surface area contributed by atoms with Gasteiger partial charge in [-0.15, -0.1) is 0 Å². The van der Waals surface area contributed by atoms with Crippen molar-refractivity contribution in [3.05, 3.63) is 10.7 Å². The zero-order valence-electron chi connectivity index (χ0n) is 15.1. The van der Waals surface area contributed by atoms with Gasteiger partial charge in [0.15, 0.2) is 5.96 Å². The SMILES string of the molecule is CN=C(NCC(C)(C)C)N1CCN(c2ncc(Br)c(OC)n2)CC1. The van der Waals surface area contributed by atoms with E-state index in [1.807, 2.05) is 7.05 Å². The van der Waals surface area contributed by atoms with Gasteiger partial charge in [-0.05, 0) is 21.3 Å². The minimum absolute atomic E-state index is 0.222. The highest BCUT2D eigenvalue weighted by Gasteiger charge is 2.23. The van der Waals surface area contributed by atoms with E-state index in [4.69, 9.17) is 4.74 Å². The fourth-order valence-corrected chi connectivity index (χ4v) is 2.79. The molecule has 0 amide bonds. The van der Waals surface area contributed by atoms with Crippen LogP contribution in [0.4, 0.5) is 5.95 Å². The average molecular weight is 399 g/mol. The number of halogens is 1. The van der Waals surface area contributed by atoms with E-state index in [0.717, 1.165) is 43.2 Å². The molecule has 134 valence electrons. The van der Waals surface area contributed by atoms with Gasteiger partial charge in [-0.25, -0.2) is 4.98 Å². The molecule has 0 aliphatic carbocycles. The molecular weight excluding hydrogens is 372 g/mol. The molecule has 8 heteroatoms. The Bertz CT molecular complexity index is 578. The number of piperazine rings is 1. The van der Waals surface area contributed by atoms with Gasteiger partial charge in [0, 0.05) is 39.8 Å². The summed E-state index contributed by atoms with van der Waals surface area (Å²) < 4.78 is 6.02. The van der Waals surface area contributed by atoms with Gasteiger partial charge in [-0.1, -0.05) is 20.8 Å². The number of hydrogen-bond donors (Lipinski definition) is 1. The lowest BCUT2D eigenvalue weighted by atomic mass is 9.97. The molecule has 1 fully saturated rings. The van der Waals surface area contributed by atoms with E-state index in [9.17, 15) is 0 Å². The summed E-state index contributed by atoms with van der Waals surface area (Å²) in [6.45, 7) is 11.0. The van der Waals surface area contributed by atoms with Crippen molar-refractivity contribution in [3.63, 3.8) is 0 Å². The molecule has 1 aromatic heterocycles. The number of aliphatic imine (C=N–C) groups is 1. The molecular formula is C16H27BrN6O. The molecule has 7 nitrogen and oxygen atoms in total. The molecule has 0 atom stereocenters. The summed E-state index contributed by atoms with van der Waals surface area (Å²) in [4.78, 5) is 17.7. The van der Waals surface area contributed by atoms with Gasteiger partial charge in [0.05, 0.1) is 17.8 Å². The van der Waals surface area contributed by atoms with Gasteiger partial charge in [-0.2, -0.15) is 4.98 Å². The van der Waals surface area contributed by atoms with E-state index in [1.165, 1.54) is 0 Å². The van der Waals surface area contributed by atoms with Crippen LogP contribution < -0.4 is 15.0 Å². The second-order valence-corrected chi connectivity index (χ2v) is 7.82. The monoisotopic (exact) mass is 398 g/mol. The minimum atomic E-state index is 0.222. The molecule has 0 bridgehead atoms. The van der Waals surface area contributed by atoms with Crippen molar-refractivity contribution in [1.82, 2.24) is 20.2 Å². The van der Waals surface area contributed by atoms with E-state index in [2.05, 4.69) is 66.8 Å². The Kier molecular flexibility index (Phi) is 6.26. The Labute approximate surface area is 152 Å². The zero-order valence-corrected chi connectivity index (χ0v) is 16.7. The first kappa shape index (κ1) is 18.8. The topological polar surface area (TPSA) is 65.9 Å². The Morgan fingerprint density at radius 3 is 2.54 bits per heavy atom. The van der Waals surface area contributed by atoms with Crippen LogP contribution in [-0.4, -0.2) is 67.7 Å². The summed E-state index contributed by atoms with van der Waals surface area (Å²) in [7, 11) is 3.44. The first-order valence-corrected chi connectivity index (χ1v) is 8.90. The molecule has 24 heavy (non-hydrogen) atoms. The van der Waals surface area contributed by atoms with Gasteiger partial charge in [-0.3, -0.25) is 4.99 Å². The fourth-order valence-electron chi connectivity index (χ4n) is 2.43. The van der Waals surface area contributed by atoms with Gasteiger partial charge in [0.1, 0.15) is 0 Å². The highest BCUT2D eigenvalue weighted by molar-refractivity contribution is 9.10. The average Bonchev–Trinajstić information content (AvgIpc) is 2.55. The Balaban J connectivity index is 1.95. The highest BCUT2D eigenvalue weighted by atomic mass is 79.9. The van der Waals surface area contributed by atoms with Crippen LogP contribution in [-0.2, 0) is 0 Å². The summed E-state index contributed by atoms with van der Waals surface area (Å²) in [6.07, 6.45) is 1.73. The number of anilines is 1. The smallest absolute Gasteiger partial charge is 0.232 e. The largest absolute Gasteiger partial charge is 0.480 e. The first-order valence-electron chi connectivity index (χ1n) is 8.11. The minimum Gasteiger partial charge on any atom is -0.480 e. The number of guanidine groups is 1. The van der Waals surface area contributed by atoms with Gasteiger partial charge in [0.25, 0.3) is 0 Å². The third-order valence-corrected chi connectivity index (χ3v) is 4.29. The van der Waals surface area contributed by atoms with Crippen LogP contribution in [0.25, 0.3) is 0 Å². The van der Waals surface area contributed by atoms with Crippen molar-refractivity contribution in [2.45, 2.75) is 20.8 Å². The van der Waals surface area contributed by atoms with Crippen molar-refractivity contribution in [2.24, 2.45) is 10.4 Å². The molecule has 1 saturated heterocycles. The van der Waals surface area contributed by atoms with E-state index >= 15 is 0 Å². The predicted octanol–water partition coefficient (Wildman–Crippen LogP) is 1.99. The van der Waals surface area contributed by atoms with Crippen molar-refractivity contribution in [2.75, 3.05) is 51.8 Å². The van der Waals surface area contributed by atoms with Crippen LogP contribution in [0.1, 0.15) is 20.8 Å². The first-order chi connectivity index (χ1) is 11.3. The van der Waals surface area contributed by atoms with Gasteiger partial charge < -0.3 is 19.9 Å². The molecule has 0 radical (unpaired) electrons. The van der Waals surface area contributed by atoms with Crippen LogP contribution in [0.5, 0.6) is 5.88 Å². The van der Waals surface area contributed by atoms with Crippen molar-refractivity contribution in [1.29, 1.82) is 0 Å². The third-order valence-electron chi connectivity index (χ3n) is 3.74. The van der Waals surface area contributed by atoms with Crippen molar-refractivity contribution in [3.8, 4) is 5.88 Å². The summed E-state index contributed by atoms with van der Waals surface area (Å²) in [5.74, 6) is 2.22. The lowest BCUT2D eigenvalue weighted by Crippen LogP contribution is -2.53. The van der Waals surface area contributed by atoms with Crippen molar-refractivity contribution >= 4 is 27.8 Å². The maximum atomic E-state index is 5.25. The molecule has 1 aliphatic heterocycles. The normalized spacial score (nSPS) is 16.3. The standard InChI is InChI=1S/C16H27BrN6O/c1-16(2,3)11-20-14(18-4)22-6-8-23(9-7-22)15-19-10-12(17)13(21-15)24-5/h10H,6-9,11H2,1-5H3,(H,18,20). The van der Waals surface area contributed by atoms with E-state index in [1.54, 1.807) is 13.3 Å². The molecule has 0 aromatic carbocycles. The number of rotatable bonds is 3. The molecule has 0 unspecified atom stereocenters. The Morgan fingerprint density at radius 1 is 1.33 bits per heavy atom. The lowest BCUT2D eigenvalue weighted by molar-refractivity contribution is 0.349. The zero-order chi connectivity index (χ0) is 17.7. The molecule has 1 N–H and O–H groups in total. The molecule has 1 aromatic rings. The highest BCUT2D eigenvalue weighted by Crippen LogP contribution is 2.23. The molecule has 1 aliphatic rings. The second-order valence-electron chi connectivity index (χ2n) is 6.96. The number of nitrogens with one attached hydrogen (secondary N) is 1. The van der Waals surface area contributed by atoms with Crippen LogP contribution in [0.2, 0.25) is 0 Å². The number of ether oxygens (including phenoxy) is 1. The Hall–Kier alpha value is -1.57. The fraction of sp³-hybridized carbons (Fsp3) is 0.688. The van der Waals surface area contributed by atoms with Gasteiger partial charge in [0.2, 0.25) is 11.8 Å². The third kappa shape index (κ3) is 4.96. The quantitative estimate of drug-likeness (QED) is 0.620. The van der Waals surface area contributed by atoms with E-state index < -0.39 is 0 Å². The Morgan fingerprint density at radius 2 is 2.00 bits per heavy atom. The summed E-state index contributed by atoms with van der Waals surface area (Å²) in [5, 5.41) is 3.46. The molecule has 0 spiro atoms. The number of aromatic nitrogens is 2.